The van der Waals surface area contributed by atoms with Gasteiger partial charge in [-0.25, -0.2) is 4.98 Å². The van der Waals surface area contributed by atoms with E-state index in [9.17, 15) is 0 Å². The lowest BCUT2D eigenvalue weighted by Gasteiger charge is -2.29. The van der Waals surface area contributed by atoms with E-state index >= 15 is 0 Å². The number of nitrogens with one attached hydrogen (secondary N) is 1. The molecule has 2 heterocycles. The minimum absolute atomic E-state index is 0.654. The van der Waals surface area contributed by atoms with Gasteiger partial charge in [0.2, 0.25) is 0 Å². The third-order valence-corrected chi connectivity index (χ3v) is 4.05. The highest BCUT2D eigenvalue weighted by Gasteiger charge is 2.27. The topological polar surface area (TPSA) is 28.2 Å². The van der Waals surface area contributed by atoms with Gasteiger partial charge in [-0.3, -0.25) is 0 Å². The maximum absolute atomic E-state index is 4.60. The van der Waals surface area contributed by atoms with Crippen LogP contribution < -0.4 is 10.2 Å². The molecule has 0 spiro atoms. The second-order valence-electron chi connectivity index (χ2n) is 6.69. The van der Waals surface area contributed by atoms with Crippen LogP contribution in [0.2, 0.25) is 0 Å². The molecule has 0 aliphatic carbocycles. The molecule has 1 aromatic heterocycles. The highest BCUT2D eigenvalue weighted by molar-refractivity contribution is 5.43. The van der Waals surface area contributed by atoms with E-state index in [2.05, 4.69) is 55.0 Å². The summed E-state index contributed by atoms with van der Waals surface area (Å²) in [6, 6.07) is 5.03. The molecule has 0 amide bonds. The summed E-state index contributed by atoms with van der Waals surface area (Å²) in [7, 11) is 0. The fourth-order valence-electron chi connectivity index (χ4n) is 3.00. The quantitative estimate of drug-likeness (QED) is 0.862. The second-order valence-corrected chi connectivity index (χ2v) is 6.69. The maximum Gasteiger partial charge on any atom is 0.129 e. The summed E-state index contributed by atoms with van der Waals surface area (Å²) >= 11 is 0. The van der Waals surface area contributed by atoms with E-state index in [1.165, 1.54) is 18.4 Å². The number of aromatic nitrogens is 1. The predicted octanol–water partition coefficient (Wildman–Crippen LogP) is 3.45. The zero-order chi connectivity index (χ0) is 14.5. The Bertz CT molecular complexity index is 414. The maximum atomic E-state index is 4.60. The smallest absolute Gasteiger partial charge is 0.129 e. The average molecular weight is 275 g/mol. The molecule has 1 fully saturated rings. The molecule has 1 atom stereocenters. The van der Waals surface area contributed by atoms with Crippen LogP contribution in [0.3, 0.4) is 0 Å². The molecule has 1 aromatic rings. The van der Waals surface area contributed by atoms with E-state index in [0.29, 0.717) is 17.9 Å². The third kappa shape index (κ3) is 3.95. The summed E-state index contributed by atoms with van der Waals surface area (Å²) in [6.45, 7) is 12.3. The number of nitrogens with zero attached hydrogens (tertiary/aromatic N) is 2. The van der Waals surface area contributed by atoms with Gasteiger partial charge >= 0.3 is 0 Å². The second kappa shape index (κ2) is 7.07. The molecule has 3 nitrogen and oxygen atoms in total. The van der Waals surface area contributed by atoms with Gasteiger partial charge in [0.15, 0.2) is 0 Å². The molecule has 112 valence electrons. The van der Waals surface area contributed by atoms with Gasteiger partial charge in [0.1, 0.15) is 5.82 Å². The summed E-state index contributed by atoms with van der Waals surface area (Å²) < 4.78 is 0. The van der Waals surface area contributed by atoms with E-state index in [1.54, 1.807) is 0 Å². The fraction of sp³-hybridized carbons (Fsp3) is 0.706. The highest BCUT2D eigenvalue weighted by Crippen LogP contribution is 2.28. The van der Waals surface area contributed by atoms with Crippen molar-refractivity contribution in [3.63, 3.8) is 0 Å². The van der Waals surface area contributed by atoms with Gasteiger partial charge in [-0.2, -0.15) is 0 Å². The average Bonchev–Trinajstić information content (AvgIpc) is 2.88. The van der Waals surface area contributed by atoms with E-state index in [0.717, 1.165) is 25.5 Å². The zero-order valence-corrected chi connectivity index (χ0v) is 13.4. The van der Waals surface area contributed by atoms with E-state index in [-0.39, 0.29) is 0 Å². The highest BCUT2D eigenvalue weighted by atomic mass is 15.2. The van der Waals surface area contributed by atoms with Gasteiger partial charge in [0.05, 0.1) is 0 Å². The zero-order valence-electron chi connectivity index (χ0n) is 13.4. The Morgan fingerprint density at radius 1 is 1.35 bits per heavy atom. The first-order valence-electron chi connectivity index (χ1n) is 8.00. The SMILES string of the molecule is CC(C)CNCc1ccnc(N2CCCC2C(C)C)c1. The lowest BCUT2D eigenvalue weighted by molar-refractivity contribution is 0.489. The van der Waals surface area contributed by atoms with Crippen molar-refractivity contribution in [3.8, 4) is 0 Å². The van der Waals surface area contributed by atoms with Gasteiger partial charge < -0.3 is 10.2 Å². The number of hydrogen-bond donors (Lipinski definition) is 1. The predicted molar refractivity (Wildman–Crippen MR) is 86.0 cm³/mol. The van der Waals surface area contributed by atoms with Crippen molar-refractivity contribution < 1.29 is 0 Å². The Labute approximate surface area is 123 Å². The molecule has 0 saturated carbocycles. The normalized spacial score (nSPS) is 19.3. The van der Waals surface area contributed by atoms with E-state index in [4.69, 9.17) is 0 Å². The standard InChI is InChI=1S/C17H29N3/c1-13(2)11-18-12-15-7-8-19-17(10-15)20-9-5-6-16(20)14(3)4/h7-8,10,13-14,16,18H,5-6,9,11-12H2,1-4H3. The van der Waals surface area contributed by atoms with E-state index < -0.39 is 0 Å². The van der Waals surface area contributed by atoms with Crippen molar-refractivity contribution in [3.05, 3.63) is 23.9 Å². The minimum Gasteiger partial charge on any atom is -0.353 e. The molecule has 0 bridgehead atoms. The molecular weight excluding hydrogens is 246 g/mol. The lowest BCUT2D eigenvalue weighted by Crippen LogP contribution is -2.34. The van der Waals surface area contributed by atoms with Crippen LogP contribution in [0.5, 0.6) is 0 Å². The Balaban J connectivity index is 2.01. The summed E-state index contributed by atoms with van der Waals surface area (Å²) in [6.07, 6.45) is 4.55. The Morgan fingerprint density at radius 2 is 2.15 bits per heavy atom. The van der Waals surface area contributed by atoms with Crippen molar-refractivity contribution in [2.75, 3.05) is 18.0 Å². The lowest BCUT2D eigenvalue weighted by atomic mass is 10.0. The van der Waals surface area contributed by atoms with E-state index in [1.807, 2.05) is 6.20 Å². The number of rotatable bonds is 6. The van der Waals surface area contributed by atoms with Crippen LogP contribution in [0.4, 0.5) is 5.82 Å². The molecule has 2 rings (SSSR count). The molecule has 0 aromatic carbocycles. The molecule has 1 unspecified atom stereocenters. The number of hydrogen-bond acceptors (Lipinski definition) is 3. The van der Waals surface area contributed by atoms with Crippen molar-refractivity contribution in [1.29, 1.82) is 0 Å². The summed E-state index contributed by atoms with van der Waals surface area (Å²) in [4.78, 5) is 7.09. The first-order chi connectivity index (χ1) is 9.58. The molecule has 1 N–H and O–H groups in total. The monoisotopic (exact) mass is 275 g/mol. The third-order valence-electron chi connectivity index (χ3n) is 4.05. The summed E-state index contributed by atoms with van der Waals surface area (Å²) in [5.74, 6) is 2.55. The number of anilines is 1. The molecule has 0 radical (unpaired) electrons. The Kier molecular flexibility index (Phi) is 5.41. The van der Waals surface area contributed by atoms with Crippen LogP contribution in [0.25, 0.3) is 0 Å². The van der Waals surface area contributed by atoms with Crippen LogP contribution in [-0.2, 0) is 6.54 Å². The molecule has 1 aliphatic rings. The van der Waals surface area contributed by atoms with Gasteiger partial charge in [0.25, 0.3) is 0 Å². The number of pyridine rings is 1. The summed E-state index contributed by atoms with van der Waals surface area (Å²) in [5, 5.41) is 3.51. The Morgan fingerprint density at radius 3 is 2.85 bits per heavy atom. The van der Waals surface area contributed by atoms with Gasteiger partial charge in [-0.1, -0.05) is 27.7 Å². The molecule has 1 aliphatic heterocycles. The van der Waals surface area contributed by atoms with Crippen molar-refractivity contribution in [2.45, 2.75) is 53.1 Å². The van der Waals surface area contributed by atoms with Crippen LogP contribution in [0, 0.1) is 11.8 Å². The van der Waals surface area contributed by atoms with Crippen LogP contribution in [0.1, 0.15) is 46.1 Å². The molecule has 1 saturated heterocycles. The van der Waals surface area contributed by atoms with Crippen molar-refractivity contribution in [2.24, 2.45) is 11.8 Å². The fourth-order valence-corrected chi connectivity index (χ4v) is 3.00. The van der Waals surface area contributed by atoms with Gasteiger partial charge in [-0.05, 0) is 48.9 Å². The van der Waals surface area contributed by atoms with Crippen molar-refractivity contribution >= 4 is 5.82 Å². The van der Waals surface area contributed by atoms with Gasteiger partial charge in [-0.15, -0.1) is 0 Å². The van der Waals surface area contributed by atoms with Crippen LogP contribution in [-0.4, -0.2) is 24.1 Å². The largest absolute Gasteiger partial charge is 0.353 e. The van der Waals surface area contributed by atoms with Crippen molar-refractivity contribution in [1.82, 2.24) is 10.3 Å². The summed E-state index contributed by atoms with van der Waals surface area (Å²) in [5.41, 5.74) is 1.34. The Hall–Kier alpha value is -1.09. The molecular formula is C17H29N3. The first kappa shape index (κ1) is 15.3. The minimum atomic E-state index is 0.654. The van der Waals surface area contributed by atoms with Crippen LogP contribution in [0.15, 0.2) is 18.3 Å². The molecule has 3 heteroatoms. The first-order valence-corrected chi connectivity index (χ1v) is 8.00. The van der Waals surface area contributed by atoms with Crippen LogP contribution >= 0.6 is 0 Å². The van der Waals surface area contributed by atoms with Gasteiger partial charge in [0, 0.05) is 25.3 Å². The molecule has 20 heavy (non-hydrogen) atoms.